The van der Waals surface area contributed by atoms with Gasteiger partial charge >= 0.3 is 0 Å². The van der Waals surface area contributed by atoms with E-state index >= 15 is 0 Å². The van der Waals surface area contributed by atoms with Crippen molar-refractivity contribution in [2.24, 2.45) is 0 Å². The van der Waals surface area contributed by atoms with E-state index in [1.165, 1.54) is 0 Å². The van der Waals surface area contributed by atoms with Crippen LogP contribution in [0.1, 0.15) is 23.2 Å². The topological polar surface area (TPSA) is 41.6 Å². The molecule has 1 fully saturated rings. The fourth-order valence-electron chi connectivity index (χ4n) is 2.78. The SMILES string of the molecule is O=C(c1ccc(NCCOc2ccc(Cl)cc2Br)cc1)N1CCCC1. The van der Waals surface area contributed by atoms with Crippen LogP contribution in [-0.4, -0.2) is 37.0 Å². The highest BCUT2D eigenvalue weighted by molar-refractivity contribution is 9.10. The minimum absolute atomic E-state index is 0.125. The lowest BCUT2D eigenvalue weighted by Crippen LogP contribution is -2.27. The van der Waals surface area contributed by atoms with Crippen molar-refractivity contribution in [3.05, 3.63) is 57.5 Å². The summed E-state index contributed by atoms with van der Waals surface area (Å²) in [6.45, 7) is 2.93. The molecule has 1 saturated heterocycles. The number of hydrogen-bond donors (Lipinski definition) is 1. The molecule has 1 N–H and O–H groups in total. The quantitative estimate of drug-likeness (QED) is 0.677. The molecule has 1 aliphatic heterocycles. The van der Waals surface area contributed by atoms with Gasteiger partial charge in [0.1, 0.15) is 12.4 Å². The van der Waals surface area contributed by atoms with Crippen molar-refractivity contribution in [2.75, 3.05) is 31.6 Å². The molecular weight excluding hydrogens is 404 g/mol. The van der Waals surface area contributed by atoms with E-state index in [9.17, 15) is 4.79 Å². The largest absolute Gasteiger partial charge is 0.491 e. The Morgan fingerprint density at radius 2 is 1.88 bits per heavy atom. The van der Waals surface area contributed by atoms with Crippen molar-refractivity contribution in [2.45, 2.75) is 12.8 Å². The van der Waals surface area contributed by atoms with Crippen molar-refractivity contribution < 1.29 is 9.53 Å². The normalized spacial score (nSPS) is 13.8. The van der Waals surface area contributed by atoms with Gasteiger partial charge in [-0.25, -0.2) is 0 Å². The maximum atomic E-state index is 12.3. The van der Waals surface area contributed by atoms with Gasteiger partial charge in [-0.3, -0.25) is 4.79 Å². The van der Waals surface area contributed by atoms with E-state index in [1.807, 2.05) is 35.2 Å². The molecule has 1 aliphatic rings. The molecule has 0 spiro atoms. The van der Waals surface area contributed by atoms with E-state index in [0.29, 0.717) is 18.2 Å². The number of amides is 1. The van der Waals surface area contributed by atoms with Crippen LogP contribution in [0.3, 0.4) is 0 Å². The van der Waals surface area contributed by atoms with Crippen LogP contribution in [0.2, 0.25) is 5.02 Å². The van der Waals surface area contributed by atoms with E-state index in [4.69, 9.17) is 16.3 Å². The van der Waals surface area contributed by atoms with Crippen molar-refractivity contribution >= 4 is 39.1 Å². The number of halogens is 2. The Hall–Kier alpha value is -1.72. The lowest BCUT2D eigenvalue weighted by molar-refractivity contribution is 0.0793. The van der Waals surface area contributed by atoms with Crippen LogP contribution >= 0.6 is 27.5 Å². The Labute approximate surface area is 161 Å². The van der Waals surface area contributed by atoms with E-state index < -0.39 is 0 Å². The summed E-state index contributed by atoms with van der Waals surface area (Å²) < 4.78 is 6.55. The number of carbonyl (C=O) groups excluding carboxylic acids is 1. The standard InChI is InChI=1S/C19H20BrClN2O2/c20-17-13-15(21)5-8-18(17)25-12-9-22-16-6-3-14(4-7-16)19(24)23-10-1-2-11-23/h3-8,13,22H,1-2,9-12H2. The lowest BCUT2D eigenvalue weighted by atomic mass is 10.2. The van der Waals surface area contributed by atoms with Crippen LogP contribution in [0, 0.1) is 0 Å². The van der Waals surface area contributed by atoms with Gasteiger partial charge in [0.2, 0.25) is 0 Å². The zero-order valence-electron chi connectivity index (χ0n) is 13.8. The second-order valence-electron chi connectivity index (χ2n) is 5.93. The molecule has 0 aromatic heterocycles. The number of rotatable bonds is 6. The molecule has 132 valence electrons. The second kappa shape index (κ2) is 8.59. The summed E-state index contributed by atoms with van der Waals surface area (Å²) in [5, 5.41) is 3.96. The minimum atomic E-state index is 0.125. The fourth-order valence-corrected chi connectivity index (χ4v) is 3.58. The van der Waals surface area contributed by atoms with Crippen molar-refractivity contribution in [3.63, 3.8) is 0 Å². The van der Waals surface area contributed by atoms with Gasteiger partial charge in [0.15, 0.2) is 0 Å². The Morgan fingerprint density at radius 1 is 1.16 bits per heavy atom. The average molecular weight is 424 g/mol. The van der Waals surface area contributed by atoms with Crippen LogP contribution in [0.25, 0.3) is 0 Å². The van der Waals surface area contributed by atoms with E-state index in [1.54, 1.807) is 12.1 Å². The smallest absolute Gasteiger partial charge is 0.253 e. The number of carbonyl (C=O) groups is 1. The first-order valence-corrected chi connectivity index (χ1v) is 9.51. The van der Waals surface area contributed by atoms with Crippen molar-refractivity contribution in [1.82, 2.24) is 4.90 Å². The van der Waals surface area contributed by atoms with Crippen LogP contribution in [0.4, 0.5) is 5.69 Å². The van der Waals surface area contributed by atoms with Gasteiger partial charge in [-0.1, -0.05) is 11.6 Å². The number of benzene rings is 2. The molecule has 0 unspecified atom stereocenters. The third-order valence-corrected chi connectivity index (χ3v) is 4.96. The Morgan fingerprint density at radius 3 is 2.56 bits per heavy atom. The van der Waals surface area contributed by atoms with Crippen LogP contribution < -0.4 is 10.1 Å². The monoisotopic (exact) mass is 422 g/mol. The molecule has 0 radical (unpaired) electrons. The third kappa shape index (κ3) is 4.89. The summed E-state index contributed by atoms with van der Waals surface area (Å²) in [6.07, 6.45) is 2.21. The van der Waals surface area contributed by atoms with Gasteiger partial charge in [-0.05, 0) is 71.2 Å². The van der Waals surface area contributed by atoms with Gasteiger partial charge in [0.25, 0.3) is 5.91 Å². The van der Waals surface area contributed by atoms with E-state index in [-0.39, 0.29) is 5.91 Å². The molecule has 0 bridgehead atoms. The number of ether oxygens (including phenoxy) is 1. The van der Waals surface area contributed by atoms with Gasteiger partial charge in [0.05, 0.1) is 4.47 Å². The summed E-state index contributed by atoms with van der Waals surface area (Å²) in [5.74, 6) is 0.887. The first-order valence-electron chi connectivity index (χ1n) is 8.34. The average Bonchev–Trinajstić information content (AvgIpc) is 3.15. The van der Waals surface area contributed by atoms with Gasteiger partial charge in [-0.2, -0.15) is 0 Å². The Balaban J connectivity index is 1.46. The molecule has 0 saturated carbocycles. The lowest BCUT2D eigenvalue weighted by Gasteiger charge is -2.15. The van der Waals surface area contributed by atoms with Crippen molar-refractivity contribution in [1.29, 1.82) is 0 Å². The zero-order valence-corrected chi connectivity index (χ0v) is 16.1. The number of hydrogen-bond acceptors (Lipinski definition) is 3. The van der Waals surface area contributed by atoms with E-state index in [2.05, 4.69) is 21.2 Å². The number of nitrogens with zero attached hydrogens (tertiary/aromatic N) is 1. The second-order valence-corrected chi connectivity index (χ2v) is 7.22. The highest BCUT2D eigenvalue weighted by Crippen LogP contribution is 2.27. The molecule has 0 aliphatic carbocycles. The molecular formula is C19H20BrClN2O2. The molecule has 25 heavy (non-hydrogen) atoms. The number of nitrogens with one attached hydrogen (secondary N) is 1. The molecule has 0 atom stereocenters. The Kier molecular flexibility index (Phi) is 6.21. The fraction of sp³-hybridized carbons (Fsp3) is 0.316. The first kappa shape index (κ1) is 18.1. The summed E-state index contributed by atoms with van der Waals surface area (Å²) in [4.78, 5) is 14.2. The van der Waals surface area contributed by atoms with Gasteiger partial charge < -0.3 is 15.0 Å². The summed E-state index contributed by atoms with van der Waals surface area (Å²) in [7, 11) is 0. The molecule has 3 rings (SSSR count). The maximum Gasteiger partial charge on any atom is 0.253 e. The van der Waals surface area contributed by atoms with Gasteiger partial charge in [0, 0.05) is 35.9 Å². The predicted molar refractivity (Wildman–Crippen MR) is 105 cm³/mol. The van der Waals surface area contributed by atoms with Gasteiger partial charge in [-0.15, -0.1) is 0 Å². The minimum Gasteiger partial charge on any atom is -0.491 e. The predicted octanol–water partition coefficient (Wildman–Crippen LogP) is 4.83. The van der Waals surface area contributed by atoms with Crippen LogP contribution in [-0.2, 0) is 0 Å². The number of anilines is 1. The maximum absolute atomic E-state index is 12.3. The molecule has 4 nitrogen and oxygen atoms in total. The van der Waals surface area contributed by atoms with Crippen LogP contribution in [0.5, 0.6) is 5.75 Å². The summed E-state index contributed by atoms with van der Waals surface area (Å²) in [6, 6.07) is 13.1. The third-order valence-electron chi connectivity index (χ3n) is 4.11. The highest BCUT2D eigenvalue weighted by atomic mass is 79.9. The Bertz CT molecular complexity index is 731. The van der Waals surface area contributed by atoms with Crippen LogP contribution in [0.15, 0.2) is 46.9 Å². The summed E-state index contributed by atoms with van der Waals surface area (Å²) >= 11 is 9.34. The molecule has 1 amide bonds. The number of likely N-dealkylation sites (tertiary alicyclic amines) is 1. The molecule has 1 heterocycles. The summed E-state index contributed by atoms with van der Waals surface area (Å²) in [5.41, 5.74) is 1.71. The molecule has 6 heteroatoms. The molecule has 2 aromatic rings. The first-order chi connectivity index (χ1) is 12.1. The van der Waals surface area contributed by atoms with E-state index in [0.717, 1.165) is 47.4 Å². The zero-order chi connectivity index (χ0) is 17.6. The van der Waals surface area contributed by atoms with Crippen molar-refractivity contribution in [3.8, 4) is 5.75 Å². The molecule has 2 aromatic carbocycles. The highest BCUT2D eigenvalue weighted by Gasteiger charge is 2.19.